The Kier molecular flexibility index (Phi) is 5.98. The zero-order valence-electron chi connectivity index (χ0n) is 19.0. The smallest absolute Gasteiger partial charge is 0.269 e. The van der Waals surface area contributed by atoms with Crippen molar-refractivity contribution in [3.05, 3.63) is 61.1 Å². The topological polar surface area (TPSA) is 117 Å². The van der Waals surface area contributed by atoms with Crippen molar-refractivity contribution >= 4 is 39.0 Å². The number of non-ortho nitro benzene ring substituents is 1. The zero-order valence-corrected chi connectivity index (χ0v) is 20.6. The van der Waals surface area contributed by atoms with E-state index in [1.54, 1.807) is 23.5 Å². The van der Waals surface area contributed by atoms with Crippen LogP contribution in [0.4, 0.5) is 5.69 Å². The van der Waals surface area contributed by atoms with Crippen LogP contribution < -0.4 is 5.56 Å². The molecule has 3 heterocycles. The number of thiophene rings is 1. The van der Waals surface area contributed by atoms with Crippen LogP contribution >= 0.6 is 23.1 Å². The number of rotatable bonds is 6. The molecule has 3 aromatic heterocycles. The van der Waals surface area contributed by atoms with Crippen molar-refractivity contribution < 1.29 is 9.34 Å². The summed E-state index contributed by atoms with van der Waals surface area (Å²) in [4.78, 5) is 30.8. The number of benzene rings is 1. The summed E-state index contributed by atoms with van der Waals surface area (Å²) in [5.74, 6) is 0.697. The Morgan fingerprint density at radius 2 is 1.91 bits per heavy atom. The summed E-state index contributed by atoms with van der Waals surface area (Å²) in [6.07, 6.45) is 4.17. The molecular formula is C23H23N5O4S2. The molecule has 0 saturated heterocycles. The van der Waals surface area contributed by atoms with Crippen LogP contribution in [0.15, 0.2) is 38.6 Å². The second-order valence-electron chi connectivity index (χ2n) is 8.48. The van der Waals surface area contributed by atoms with Crippen molar-refractivity contribution in [3.63, 3.8) is 0 Å². The first-order chi connectivity index (χ1) is 16.3. The number of nitrogens with zero attached hydrogens (tertiary/aromatic N) is 5. The van der Waals surface area contributed by atoms with Gasteiger partial charge in [-0.25, -0.2) is 4.98 Å². The van der Waals surface area contributed by atoms with E-state index in [4.69, 9.17) is 9.40 Å². The van der Waals surface area contributed by atoms with Crippen molar-refractivity contribution in [3.8, 4) is 11.5 Å². The predicted octanol–water partition coefficient (Wildman–Crippen LogP) is 6.00. The average Bonchev–Trinajstić information content (AvgIpc) is 3.56. The maximum absolute atomic E-state index is 13.6. The first kappa shape index (κ1) is 22.7. The minimum absolute atomic E-state index is 0.00202. The van der Waals surface area contributed by atoms with E-state index in [0.717, 1.165) is 46.3 Å². The lowest BCUT2D eigenvalue weighted by Crippen LogP contribution is -2.26. The molecule has 0 spiro atoms. The van der Waals surface area contributed by atoms with Crippen molar-refractivity contribution in [1.29, 1.82) is 0 Å². The molecule has 1 unspecified atom stereocenters. The lowest BCUT2D eigenvalue weighted by Gasteiger charge is -2.19. The maximum atomic E-state index is 13.6. The summed E-state index contributed by atoms with van der Waals surface area (Å²) in [5.41, 5.74) is 1.65. The Bertz CT molecular complexity index is 1430. The second-order valence-corrected chi connectivity index (χ2v) is 11.0. The van der Waals surface area contributed by atoms with E-state index in [0.29, 0.717) is 22.5 Å². The van der Waals surface area contributed by atoms with E-state index in [2.05, 4.69) is 10.2 Å². The van der Waals surface area contributed by atoms with Crippen molar-refractivity contribution in [1.82, 2.24) is 19.7 Å². The zero-order chi connectivity index (χ0) is 24.0. The van der Waals surface area contributed by atoms with Gasteiger partial charge in [-0.2, -0.15) is 0 Å². The minimum Gasteiger partial charge on any atom is -0.419 e. The number of fused-ring (bicyclic) bond motifs is 1. The van der Waals surface area contributed by atoms with Crippen LogP contribution in [0, 0.1) is 24.0 Å². The number of aryl methyl sites for hydroxylation is 2. The van der Waals surface area contributed by atoms with Gasteiger partial charge in [-0.05, 0) is 51.3 Å². The largest absolute Gasteiger partial charge is 0.419 e. The Balaban J connectivity index is 1.48. The van der Waals surface area contributed by atoms with Crippen molar-refractivity contribution in [2.75, 3.05) is 0 Å². The Morgan fingerprint density at radius 1 is 1.21 bits per heavy atom. The molecule has 0 bridgehead atoms. The monoisotopic (exact) mass is 497 g/mol. The normalized spacial score (nSPS) is 15.3. The van der Waals surface area contributed by atoms with Gasteiger partial charge in [0, 0.05) is 28.6 Å². The highest BCUT2D eigenvalue weighted by Gasteiger charge is 2.27. The van der Waals surface area contributed by atoms with Crippen LogP contribution in [0.25, 0.3) is 21.7 Å². The molecule has 5 rings (SSSR count). The van der Waals surface area contributed by atoms with Gasteiger partial charge in [0.25, 0.3) is 11.2 Å². The van der Waals surface area contributed by atoms with Gasteiger partial charge in [0.15, 0.2) is 5.16 Å². The quantitative estimate of drug-likeness (QED) is 0.138. The van der Waals surface area contributed by atoms with Crippen LogP contribution in [0.1, 0.15) is 60.2 Å². The molecule has 0 amide bonds. The summed E-state index contributed by atoms with van der Waals surface area (Å²) in [5, 5.41) is 20.4. The minimum atomic E-state index is -0.452. The molecule has 1 saturated carbocycles. The molecule has 9 nitrogen and oxygen atoms in total. The summed E-state index contributed by atoms with van der Waals surface area (Å²) in [7, 11) is 0. The molecule has 1 aromatic carbocycles. The standard InChI is InChI=1S/C23H23N5O4S2/c1-12-13(2)33-21-18(12)22(29)27(16-6-4-5-7-16)23(24-21)34-14(3)19-25-26-20(32-19)15-8-10-17(11-9-15)28(30)31/h8-11,14,16H,4-7H2,1-3H3. The third-order valence-electron chi connectivity index (χ3n) is 6.29. The van der Waals surface area contributed by atoms with Gasteiger partial charge < -0.3 is 4.42 Å². The highest BCUT2D eigenvalue weighted by atomic mass is 32.2. The Labute approximate surface area is 203 Å². The van der Waals surface area contributed by atoms with Gasteiger partial charge in [-0.1, -0.05) is 24.6 Å². The Hall–Kier alpha value is -3.05. The number of aromatic nitrogens is 4. The molecular weight excluding hydrogens is 474 g/mol. The summed E-state index contributed by atoms with van der Waals surface area (Å²) in [6.45, 7) is 5.95. The number of nitro benzene ring substituents is 1. The molecule has 11 heteroatoms. The molecule has 0 aliphatic heterocycles. The number of hydrogen-bond acceptors (Lipinski definition) is 9. The van der Waals surface area contributed by atoms with Crippen LogP contribution in [-0.2, 0) is 0 Å². The first-order valence-corrected chi connectivity index (χ1v) is 12.8. The average molecular weight is 498 g/mol. The number of nitro groups is 1. The molecule has 1 aliphatic rings. The van der Waals surface area contributed by atoms with E-state index in [1.165, 1.54) is 23.9 Å². The fraction of sp³-hybridized carbons (Fsp3) is 0.391. The van der Waals surface area contributed by atoms with Gasteiger partial charge in [-0.3, -0.25) is 19.5 Å². The van der Waals surface area contributed by atoms with Crippen LogP contribution in [0.5, 0.6) is 0 Å². The number of hydrogen-bond donors (Lipinski definition) is 0. The van der Waals surface area contributed by atoms with Crippen molar-refractivity contribution in [2.24, 2.45) is 0 Å². The first-order valence-electron chi connectivity index (χ1n) is 11.1. The van der Waals surface area contributed by atoms with Crippen LogP contribution in [0.3, 0.4) is 0 Å². The molecule has 1 fully saturated rings. The fourth-order valence-corrected chi connectivity index (χ4v) is 6.38. The summed E-state index contributed by atoms with van der Waals surface area (Å²) < 4.78 is 7.76. The molecule has 4 aromatic rings. The molecule has 1 atom stereocenters. The van der Waals surface area contributed by atoms with Gasteiger partial charge >= 0.3 is 0 Å². The van der Waals surface area contributed by atoms with Gasteiger partial charge in [-0.15, -0.1) is 21.5 Å². The third-order valence-corrected chi connectivity index (χ3v) is 8.44. The Morgan fingerprint density at radius 3 is 2.59 bits per heavy atom. The van der Waals surface area contributed by atoms with Crippen molar-refractivity contribution in [2.45, 2.75) is 62.9 Å². The second kappa shape index (κ2) is 8.95. The molecule has 0 N–H and O–H groups in total. The molecule has 176 valence electrons. The fourth-order valence-electron chi connectivity index (χ4n) is 4.31. The third kappa shape index (κ3) is 4.03. The van der Waals surface area contributed by atoms with E-state index in [1.807, 2.05) is 25.3 Å². The highest BCUT2D eigenvalue weighted by molar-refractivity contribution is 7.99. The SMILES string of the molecule is Cc1sc2nc(SC(C)c3nnc(-c4ccc([N+](=O)[O-])cc4)o3)n(C3CCCC3)c(=O)c2c1C. The van der Waals surface area contributed by atoms with E-state index >= 15 is 0 Å². The molecule has 0 radical (unpaired) electrons. The predicted molar refractivity (Wildman–Crippen MR) is 132 cm³/mol. The lowest BCUT2D eigenvalue weighted by molar-refractivity contribution is -0.384. The maximum Gasteiger partial charge on any atom is 0.269 e. The van der Waals surface area contributed by atoms with Gasteiger partial charge in [0.05, 0.1) is 15.6 Å². The van der Waals surface area contributed by atoms with Crippen LogP contribution in [0.2, 0.25) is 0 Å². The van der Waals surface area contributed by atoms with Crippen LogP contribution in [-0.4, -0.2) is 24.7 Å². The van der Waals surface area contributed by atoms with E-state index < -0.39 is 4.92 Å². The lowest BCUT2D eigenvalue weighted by atomic mass is 10.2. The van der Waals surface area contributed by atoms with E-state index in [-0.39, 0.29) is 22.5 Å². The summed E-state index contributed by atoms with van der Waals surface area (Å²) in [6, 6.07) is 6.13. The molecule has 1 aliphatic carbocycles. The highest BCUT2D eigenvalue weighted by Crippen LogP contribution is 2.39. The van der Waals surface area contributed by atoms with Gasteiger partial charge in [0.2, 0.25) is 11.8 Å². The van der Waals surface area contributed by atoms with Gasteiger partial charge in [0.1, 0.15) is 4.83 Å². The summed E-state index contributed by atoms with van der Waals surface area (Å²) >= 11 is 2.99. The van der Waals surface area contributed by atoms with E-state index in [9.17, 15) is 14.9 Å². The number of thioether (sulfide) groups is 1. The molecule has 34 heavy (non-hydrogen) atoms.